The van der Waals surface area contributed by atoms with E-state index in [-0.39, 0.29) is 0 Å². The van der Waals surface area contributed by atoms with Gasteiger partial charge in [-0.1, -0.05) is 84.9 Å². The number of hydrogen-bond acceptors (Lipinski definition) is 3. The highest BCUT2D eigenvalue weighted by Gasteiger charge is 2.22. The van der Waals surface area contributed by atoms with Gasteiger partial charge in [0.1, 0.15) is 6.07 Å². The van der Waals surface area contributed by atoms with Gasteiger partial charge in [0.2, 0.25) is 0 Å². The van der Waals surface area contributed by atoms with Crippen LogP contribution in [-0.2, 0) is 0 Å². The highest BCUT2D eigenvalue weighted by atomic mass is 15.0. The van der Waals surface area contributed by atoms with Gasteiger partial charge in [-0.25, -0.2) is 0 Å². The highest BCUT2D eigenvalue weighted by Crippen LogP contribution is 2.42. The van der Waals surface area contributed by atoms with Gasteiger partial charge in [0.15, 0.2) is 0 Å². The van der Waals surface area contributed by atoms with Gasteiger partial charge in [0, 0.05) is 43.6 Å². The molecule has 0 fully saturated rings. The lowest BCUT2D eigenvalue weighted by molar-refractivity contribution is 1.16. The van der Waals surface area contributed by atoms with Crippen LogP contribution in [0.1, 0.15) is 16.7 Å². The molecule has 0 bridgehead atoms. The number of nitrogens with zero attached hydrogens (tertiary/aromatic N) is 6. The summed E-state index contributed by atoms with van der Waals surface area (Å²) in [6, 6.07) is 64.9. The van der Waals surface area contributed by atoms with E-state index in [9.17, 15) is 15.8 Å². The highest BCUT2D eigenvalue weighted by molar-refractivity contribution is 6.17. The molecule has 6 heteroatoms. The summed E-state index contributed by atoms with van der Waals surface area (Å²) >= 11 is 0. The Hall–Kier alpha value is -8.37. The standard InChI is InChI=1S/C51H28N6/c52-29-32-19-25-46-41(27-32)42-28-33(30-53)20-26-47(42)56(46)49-18-8-17-48-50(49)40-12-3-6-16-45(40)55(48)36-23-21-34(22-24-36)37-13-7-9-35(31-54)51(37)57-43-14-4-1-10-38(43)39-11-2-5-15-44(39)57/h1-28H. The molecule has 0 saturated carbocycles. The Balaban J connectivity index is 1.12. The molecule has 0 saturated heterocycles. The molecule has 0 aliphatic carbocycles. The molecule has 0 radical (unpaired) electrons. The molecule has 8 aromatic carbocycles. The van der Waals surface area contributed by atoms with Crippen molar-refractivity contribution in [2.24, 2.45) is 0 Å². The van der Waals surface area contributed by atoms with Crippen LogP contribution in [0.15, 0.2) is 170 Å². The third-order valence-corrected chi connectivity index (χ3v) is 11.3. The fourth-order valence-corrected chi connectivity index (χ4v) is 8.95. The molecule has 0 aliphatic rings. The Morgan fingerprint density at radius 2 is 0.895 bits per heavy atom. The van der Waals surface area contributed by atoms with Gasteiger partial charge >= 0.3 is 0 Å². The Kier molecular flexibility index (Phi) is 6.95. The summed E-state index contributed by atoms with van der Waals surface area (Å²) in [5.74, 6) is 0. The van der Waals surface area contributed by atoms with Crippen molar-refractivity contribution in [1.29, 1.82) is 15.8 Å². The second-order valence-corrected chi connectivity index (χ2v) is 14.3. The maximum atomic E-state index is 10.5. The summed E-state index contributed by atoms with van der Waals surface area (Å²) in [5.41, 5.74) is 12.8. The third kappa shape index (κ3) is 4.61. The first-order chi connectivity index (χ1) is 28.2. The SMILES string of the molecule is N#Cc1ccc2c(c1)c1cc(C#N)ccc1n2-c1cccc2c1c1ccccc1n2-c1ccc(-c2cccc(C#N)c2-n2c3ccccc3c3ccccc32)cc1. The molecule has 57 heavy (non-hydrogen) atoms. The van der Waals surface area contributed by atoms with E-state index in [2.05, 4.69) is 153 Å². The summed E-state index contributed by atoms with van der Waals surface area (Å²) < 4.78 is 6.80. The molecular weight excluding hydrogens is 697 g/mol. The van der Waals surface area contributed by atoms with E-state index < -0.39 is 0 Å². The van der Waals surface area contributed by atoms with E-state index in [1.54, 1.807) is 0 Å². The lowest BCUT2D eigenvalue weighted by atomic mass is 9.99. The van der Waals surface area contributed by atoms with E-state index in [1.165, 1.54) is 0 Å². The van der Waals surface area contributed by atoms with E-state index in [4.69, 9.17) is 0 Å². The predicted molar refractivity (Wildman–Crippen MR) is 229 cm³/mol. The van der Waals surface area contributed by atoms with Gasteiger partial charge in [-0.2, -0.15) is 15.8 Å². The molecule has 3 aromatic heterocycles. The van der Waals surface area contributed by atoms with Crippen molar-refractivity contribution < 1.29 is 0 Å². The van der Waals surface area contributed by atoms with E-state index in [1.807, 2.05) is 48.5 Å². The topological polar surface area (TPSA) is 86.2 Å². The van der Waals surface area contributed by atoms with E-state index in [0.29, 0.717) is 16.7 Å². The second kappa shape index (κ2) is 12.3. The Morgan fingerprint density at radius 1 is 0.368 bits per heavy atom. The number of fused-ring (bicyclic) bond motifs is 9. The molecular formula is C51H28N6. The largest absolute Gasteiger partial charge is 0.309 e. The number of aromatic nitrogens is 3. The third-order valence-electron chi connectivity index (χ3n) is 11.3. The lowest BCUT2D eigenvalue weighted by Gasteiger charge is -2.16. The minimum absolute atomic E-state index is 0.573. The second-order valence-electron chi connectivity index (χ2n) is 14.3. The van der Waals surface area contributed by atoms with Crippen LogP contribution in [0.25, 0.3) is 93.6 Å². The smallest absolute Gasteiger partial charge is 0.101 e. The summed E-state index contributed by atoms with van der Waals surface area (Å²) in [6.45, 7) is 0. The van der Waals surface area contributed by atoms with Crippen LogP contribution in [0.4, 0.5) is 0 Å². The normalized spacial score (nSPS) is 11.5. The molecule has 11 rings (SSSR count). The molecule has 0 atom stereocenters. The lowest BCUT2D eigenvalue weighted by Crippen LogP contribution is -2.01. The van der Waals surface area contributed by atoms with Crippen LogP contribution in [-0.4, -0.2) is 13.7 Å². The average molecular weight is 725 g/mol. The molecule has 0 N–H and O–H groups in total. The fraction of sp³-hybridized carbons (Fsp3) is 0. The first kappa shape index (κ1) is 32.1. The minimum Gasteiger partial charge on any atom is -0.309 e. The van der Waals surface area contributed by atoms with E-state index in [0.717, 1.165) is 93.6 Å². The summed E-state index contributed by atoms with van der Waals surface area (Å²) in [5, 5.41) is 36.4. The molecule has 11 aromatic rings. The van der Waals surface area contributed by atoms with Crippen molar-refractivity contribution in [2.75, 3.05) is 0 Å². The number of nitriles is 3. The zero-order valence-electron chi connectivity index (χ0n) is 30.3. The molecule has 0 aliphatic heterocycles. The quantitative estimate of drug-likeness (QED) is 0.181. The molecule has 0 spiro atoms. The Labute approximate surface area is 326 Å². The van der Waals surface area contributed by atoms with Gasteiger partial charge in [-0.05, 0) is 90.5 Å². The van der Waals surface area contributed by atoms with Crippen molar-refractivity contribution in [1.82, 2.24) is 13.7 Å². The molecule has 3 heterocycles. The monoisotopic (exact) mass is 724 g/mol. The first-order valence-corrected chi connectivity index (χ1v) is 18.7. The van der Waals surface area contributed by atoms with Crippen LogP contribution in [0.2, 0.25) is 0 Å². The summed E-state index contributed by atoms with van der Waals surface area (Å²) in [6.07, 6.45) is 0. The van der Waals surface area contributed by atoms with Crippen LogP contribution in [0, 0.1) is 34.0 Å². The Morgan fingerprint density at radius 3 is 1.49 bits per heavy atom. The molecule has 0 unspecified atom stereocenters. The van der Waals surface area contributed by atoms with Crippen LogP contribution in [0.3, 0.4) is 0 Å². The maximum absolute atomic E-state index is 10.5. The number of benzene rings is 8. The van der Waals surface area contributed by atoms with Gasteiger partial charge in [0.25, 0.3) is 0 Å². The van der Waals surface area contributed by atoms with E-state index >= 15 is 0 Å². The average Bonchev–Trinajstić information content (AvgIpc) is 3.91. The first-order valence-electron chi connectivity index (χ1n) is 18.7. The van der Waals surface area contributed by atoms with Gasteiger partial charge in [-0.15, -0.1) is 0 Å². The fourth-order valence-electron chi connectivity index (χ4n) is 8.95. The van der Waals surface area contributed by atoms with Crippen LogP contribution >= 0.6 is 0 Å². The van der Waals surface area contributed by atoms with Crippen molar-refractivity contribution in [3.63, 3.8) is 0 Å². The molecule has 6 nitrogen and oxygen atoms in total. The number of rotatable bonds is 4. The van der Waals surface area contributed by atoms with Gasteiger partial charge in [-0.3, -0.25) is 0 Å². The van der Waals surface area contributed by atoms with Crippen molar-refractivity contribution in [2.45, 2.75) is 0 Å². The van der Waals surface area contributed by atoms with Gasteiger partial charge in [0.05, 0.1) is 73.3 Å². The minimum atomic E-state index is 0.573. The summed E-state index contributed by atoms with van der Waals surface area (Å²) in [4.78, 5) is 0. The van der Waals surface area contributed by atoms with Crippen molar-refractivity contribution in [3.8, 4) is 46.4 Å². The zero-order valence-corrected chi connectivity index (χ0v) is 30.3. The van der Waals surface area contributed by atoms with Crippen LogP contribution in [0.5, 0.6) is 0 Å². The number of hydrogen-bond donors (Lipinski definition) is 0. The maximum Gasteiger partial charge on any atom is 0.101 e. The predicted octanol–water partition coefficient (Wildman–Crippen LogP) is 12.3. The van der Waals surface area contributed by atoms with Crippen molar-refractivity contribution >= 4 is 65.4 Å². The zero-order chi connectivity index (χ0) is 38.2. The van der Waals surface area contributed by atoms with Gasteiger partial charge < -0.3 is 13.7 Å². The Bertz CT molecular complexity index is 3490. The van der Waals surface area contributed by atoms with Crippen molar-refractivity contribution in [3.05, 3.63) is 187 Å². The molecule has 0 amide bonds. The molecule has 262 valence electrons. The number of para-hydroxylation sites is 4. The summed E-state index contributed by atoms with van der Waals surface area (Å²) in [7, 11) is 0. The van der Waals surface area contributed by atoms with Crippen LogP contribution < -0.4 is 0 Å².